The lowest BCUT2D eigenvalue weighted by Crippen LogP contribution is -2.45. The van der Waals surface area contributed by atoms with Crippen LogP contribution in [0.1, 0.15) is 25.5 Å². The molecule has 1 atom stereocenters. The van der Waals surface area contributed by atoms with Crippen molar-refractivity contribution in [2.75, 3.05) is 34.0 Å². The molecule has 2 rings (SSSR count). The molecule has 1 aromatic carbocycles. The summed E-state index contributed by atoms with van der Waals surface area (Å²) in [6.45, 7) is 4.76. The summed E-state index contributed by atoms with van der Waals surface area (Å²) in [7, 11) is 3.15. The number of thiocarbonyl (C=S) groups is 1. The second-order valence-electron chi connectivity index (χ2n) is 5.51. The number of rotatable bonds is 8. The molecule has 8 heteroatoms. The molecule has 0 amide bonds. The van der Waals surface area contributed by atoms with Gasteiger partial charge < -0.3 is 29.6 Å². The SMILES string of the molecule is CCOCCOC(=O)C1=C(C)NC(=S)N[C@H]1c1cc(OC)ccc1OC. The first kappa shape index (κ1) is 20.0. The van der Waals surface area contributed by atoms with Crippen molar-refractivity contribution < 1.29 is 23.7 Å². The highest BCUT2D eigenvalue weighted by molar-refractivity contribution is 7.80. The predicted molar refractivity (Wildman–Crippen MR) is 101 cm³/mol. The van der Waals surface area contributed by atoms with E-state index in [1.54, 1.807) is 33.3 Å². The van der Waals surface area contributed by atoms with Crippen LogP contribution in [0.5, 0.6) is 11.5 Å². The van der Waals surface area contributed by atoms with Gasteiger partial charge in [-0.3, -0.25) is 0 Å². The maximum atomic E-state index is 12.7. The second-order valence-corrected chi connectivity index (χ2v) is 5.92. The number of carbonyl (C=O) groups excluding carboxylic acids is 1. The Morgan fingerprint density at radius 1 is 1.23 bits per heavy atom. The zero-order valence-electron chi connectivity index (χ0n) is 15.4. The van der Waals surface area contributed by atoms with Crippen LogP contribution in [0.3, 0.4) is 0 Å². The molecule has 0 fully saturated rings. The van der Waals surface area contributed by atoms with Gasteiger partial charge in [0.1, 0.15) is 18.1 Å². The number of hydrogen-bond acceptors (Lipinski definition) is 6. The zero-order chi connectivity index (χ0) is 19.1. The molecule has 0 aliphatic carbocycles. The number of methoxy groups -OCH3 is 2. The van der Waals surface area contributed by atoms with E-state index in [-0.39, 0.29) is 6.61 Å². The van der Waals surface area contributed by atoms with E-state index >= 15 is 0 Å². The van der Waals surface area contributed by atoms with Crippen molar-refractivity contribution in [3.8, 4) is 11.5 Å². The first-order valence-electron chi connectivity index (χ1n) is 8.26. The Labute approximate surface area is 158 Å². The van der Waals surface area contributed by atoms with Gasteiger partial charge in [0.2, 0.25) is 0 Å². The third kappa shape index (κ3) is 4.64. The van der Waals surface area contributed by atoms with E-state index in [1.165, 1.54) is 0 Å². The first-order valence-corrected chi connectivity index (χ1v) is 8.67. The van der Waals surface area contributed by atoms with E-state index in [4.69, 9.17) is 31.2 Å². The van der Waals surface area contributed by atoms with Crippen LogP contribution < -0.4 is 20.1 Å². The maximum absolute atomic E-state index is 12.7. The van der Waals surface area contributed by atoms with Gasteiger partial charge in [0.05, 0.1) is 32.4 Å². The molecular weight excluding hydrogens is 356 g/mol. The second kappa shape index (κ2) is 9.40. The molecule has 1 heterocycles. The first-order chi connectivity index (χ1) is 12.5. The van der Waals surface area contributed by atoms with E-state index in [2.05, 4.69) is 10.6 Å². The van der Waals surface area contributed by atoms with Crippen LogP contribution in [0.4, 0.5) is 0 Å². The summed E-state index contributed by atoms with van der Waals surface area (Å²) >= 11 is 5.26. The van der Waals surface area contributed by atoms with Crippen molar-refractivity contribution in [1.29, 1.82) is 0 Å². The Balaban J connectivity index is 2.36. The molecule has 0 saturated heterocycles. The quantitative estimate of drug-likeness (QED) is 0.403. The minimum atomic E-state index is -0.520. The van der Waals surface area contributed by atoms with Crippen LogP contribution in [0.25, 0.3) is 0 Å². The molecule has 0 radical (unpaired) electrons. The van der Waals surface area contributed by atoms with Gasteiger partial charge in [-0.15, -0.1) is 0 Å². The molecule has 1 aliphatic heterocycles. The molecule has 0 spiro atoms. The Morgan fingerprint density at radius 2 is 2.00 bits per heavy atom. The number of hydrogen-bond donors (Lipinski definition) is 2. The third-order valence-electron chi connectivity index (χ3n) is 3.90. The molecule has 1 aromatic rings. The lowest BCUT2D eigenvalue weighted by molar-refractivity contribution is -0.141. The average molecular weight is 380 g/mol. The van der Waals surface area contributed by atoms with Gasteiger partial charge in [-0.25, -0.2) is 4.79 Å². The summed E-state index contributed by atoms with van der Waals surface area (Å²) in [6.07, 6.45) is 0. The molecule has 0 unspecified atom stereocenters. The van der Waals surface area contributed by atoms with Crippen molar-refractivity contribution in [2.45, 2.75) is 19.9 Å². The highest BCUT2D eigenvalue weighted by Crippen LogP contribution is 2.35. The summed E-state index contributed by atoms with van der Waals surface area (Å²) in [5.74, 6) is 0.814. The topological polar surface area (TPSA) is 78.1 Å². The lowest BCUT2D eigenvalue weighted by atomic mass is 9.94. The Kier molecular flexibility index (Phi) is 7.23. The molecule has 7 nitrogen and oxygen atoms in total. The van der Waals surface area contributed by atoms with Gasteiger partial charge in [-0.1, -0.05) is 0 Å². The van der Waals surface area contributed by atoms with Crippen molar-refractivity contribution >= 4 is 23.3 Å². The summed E-state index contributed by atoms with van der Waals surface area (Å²) < 4.78 is 21.3. The van der Waals surface area contributed by atoms with Gasteiger partial charge in [-0.2, -0.15) is 0 Å². The number of allylic oxidation sites excluding steroid dienone is 1. The summed E-state index contributed by atoms with van der Waals surface area (Å²) in [4.78, 5) is 12.7. The van der Waals surface area contributed by atoms with Gasteiger partial charge >= 0.3 is 5.97 Å². The molecule has 1 aliphatic rings. The summed E-state index contributed by atoms with van der Waals surface area (Å²) in [5.41, 5.74) is 1.79. The van der Waals surface area contributed by atoms with Crippen molar-refractivity contribution in [3.63, 3.8) is 0 Å². The summed E-state index contributed by atoms with van der Waals surface area (Å²) in [6, 6.07) is 4.87. The van der Waals surface area contributed by atoms with Crippen molar-refractivity contribution in [1.82, 2.24) is 10.6 Å². The van der Waals surface area contributed by atoms with Crippen molar-refractivity contribution in [2.24, 2.45) is 0 Å². The Morgan fingerprint density at radius 3 is 2.65 bits per heavy atom. The van der Waals surface area contributed by atoms with E-state index in [0.29, 0.717) is 41.1 Å². The molecule has 26 heavy (non-hydrogen) atoms. The van der Waals surface area contributed by atoms with Crippen LogP contribution in [-0.2, 0) is 14.3 Å². The lowest BCUT2D eigenvalue weighted by Gasteiger charge is -2.30. The predicted octanol–water partition coefficient (Wildman–Crippen LogP) is 2.08. The maximum Gasteiger partial charge on any atom is 0.338 e. The van der Waals surface area contributed by atoms with Crippen LogP contribution >= 0.6 is 12.2 Å². The number of carbonyl (C=O) groups is 1. The highest BCUT2D eigenvalue weighted by atomic mass is 32.1. The van der Waals surface area contributed by atoms with Gasteiger partial charge in [-0.05, 0) is 44.3 Å². The van der Waals surface area contributed by atoms with Crippen LogP contribution in [0, 0.1) is 0 Å². The number of nitrogens with one attached hydrogen (secondary N) is 2. The standard InChI is InChI=1S/C18H24N2O5S/c1-5-24-8-9-25-17(21)15-11(2)19-18(26)20-16(15)13-10-12(22-3)6-7-14(13)23-4/h6-7,10,16H,5,8-9H2,1-4H3,(H2,19,20,26)/t16-/m0/s1. The molecule has 0 bridgehead atoms. The Hall–Kier alpha value is -2.32. The average Bonchev–Trinajstić information content (AvgIpc) is 2.63. The van der Waals surface area contributed by atoms with Crippen LogP contribution in [-0.4, -0.2) is 45.1 Å². The van der Waals surface area contributed by atoms with Gasteiger partial charge in [0.25, 0.3) is 0 Å². The van der Waals surface area contributed by atoms with E-state index in [1.807, 2.05) is 13.0 Å². The molecule has 0 saturated carbocycles. The number of ether oxygens (including phenoxy) is 4. The fourth-order valence-electron chi connectivity index (χ4n) is 2.68. The largest absolute Gasteiger partial charge is 0.497 e. The molecular formula is C18H24N2O5S. The number of esters is 1. The number of benzene rings is 1. The normalized spacial score (nSPS) is 16.6. The van der Waals surface area contributed by atoms with E-state index in [9.17, 15) is 4.79 Å². The Bertz CT molecular complexity index is 705. The minimum absolute atomic E-state index is 0.176. The zero-order valence-corrected chi connectivity index (χ0v) is 16.2. The molecule has 142 valence electrons. The fourth-order valence-corrected chi connectivity index (χ4v) is 2.95. The van der Waals surface area contributed by atoms with E-state index in [0.717, 1.165) is 5.56 Å². The summed E-state index contributed by atoms with van der Waals surface area (Å²) in [5, 5.41) is 6.51. The third-order valence-corrected chi connectivity index (χ3v) is 4.12. The van der Waals surface area contributed by atoms with E-state index < -0.39 is 12.0 Å². The fraction of sp³-hybridized carbons (Fsp3) is 0.444. The van der Waals surface area contributed by atoms with Crippen LogP contribution in [0.2, 0.25) is 0 Å². The minimum Gasteiger partial charge on any atom is -0.497 e. The molecule has 0 aromatic heterocycles. The van der Waals surface area contributed by atoms with Crippen molar-refractivity contribution in [3.05, 3.63) is 35.0 Å². The monoisotopic (exact) mass is 380 g/mol. The smallest absolute Gasteiger partial charge is 0.338 e. The molecule has 2 N–H and O–H groups in total. The highest BCUT2D eigenvalue weighted by Gasteiger charge is 2.33. The van der Waals surface area contributed by atoms with Crippen LogP contribution in [0.15, 0.2) is 29.5 Å². The van der Waals surface area contributed by atoms with Gasteiger partial charge in [0.15, 0.2) is 5.11 Å². The van der Waals surface area contributed by atoms with Gasteiger partial charge in [0, 0.05) is 17.9 Å².